The van der Waals surface area contributed by atoms with Gasteiger partial charge in [0.2, 0.25) is 5.91 Å². The third-order valence-electron chi connectivity index (χ3n) is 3.42. The number of carbonyl (C=O) groups excluding carboxylic acids is 1. The smallest absolute Gasteiger partial charge is 0.226 e. The minimum absolute atomic E-state index is 0.210. The first-order valence-electron chi connectivity index (χ1n) is 6.79. The van der Waals surface area contributed by atoms with Crippen molar-refractivity contribution in [1.29, 1.82) is 0 Å². The summed E-state index contributed by atoms with van der Waals surface area (Å²) in [5, 5.41) is 0. The van der Waals surface area contributed by atoms with Crippen LogP contribution in [0.3, 0.4) is 0 Å². The van der Waals surface area contributed by atoms with E-state index in [4.69, 9.17) is 16.3 Å². The molecule has 0 unspecified atom stereocenters. The van der Waals surface area contributed by atoms with Crippen molar-refractivity contribution in [2.45, 2.75) is 25.4 Å². The summed E-state index contributed by atoms with van der Waals surface area (Å²) >= 11 is 5.60. The highest BCUT2D eigenvalue weighted by atomic mass is 35.5. The number of benzene rings is 1. The molecule has 0 spiro atoms. The molecule has 1 aromatic carbocycles. The second-order valence-electron chi connectivity index (χ2n) is 4.80. The maximum Gasteiger partial charge on any atom is 0.226 e. The van der Waals surface area contributed by atoms with Crippen molar-refractivity contribution in [2.75, 3.05) is 25.6 Å². The summed E-state index contributed by atoms with van der Waals surface area (Å²) in [5.41, 5.74) is 1.08. The quantitative estimate of drug-likeness (QED) is 0.776. The highest BCUT2D eigenvalue weighted by molar-refractivity contribution is 6.17. The topological polar surface area (TPSA) is 29.5 Å². The van der Waals surface area contributed by atoms with E-state index in [1.807, 2.05) is 35.2 Å². The number of halogens is 1. The summed E-state index contributed by atoms with van der Waals surface area (Å²) in [6.07, 6.45) is 2.59. The van der Waals surface area contributed by atoms with Crippen molar-refractivity contribution in [3.05, 3.63) is 35.9 Å². The molecule has 4 heteroatoms. The van der Waals surface area contributed by atoms with E-state index in [-0.39, 0.29) is 12.0 Å². The minimum atomic E-state index is 0.210. The van der Waals surface area contributed by atoms with Gasteiger partial charge in [0, 0.05) is 19.0 Å². The van der Waals surface area contributed by atoms with Crippen LogP contribution in [0.5, 0.6) is 0 Å². The summed E-state index contributed by atoms with van der Waals surface area (Å²) < 4.78 is 5.61. The van der Waals surface area contributed by atoms with E-state index in [2.05, 4.69) is 0 Å². The maximum atomic E-state index is 12.2. The van der Waals surface area contributed by atoms with Crippen LogP contribution in [0.15, 0.2) is 30.3 Å². The molecule has 0 aliphatic carbocycles. The van der Waals surface area contributed by atoms with Crippen molar-refractivity contribution < 1.29 is 9.53 Å². The normalized spacial score (nSPS) is 16.6. The molecule has 2 rings (SSSR count). The summed E-state index contributed by atoms with van der Waals surface area (Å²) in [7, 11) is 0. The Bertz CT molecular complexity index is 388. The van der Waals surface area contributed by atoms with Crippen LogP contribution in [-0.2, 0) is 16.0 Å². The molecule has 0 aromatic heterocycles. The van der Waals surface area contributed by atoms with Crippen LogP contribution < -0.4 is 0 Å². The van der Waals surface area contributed by atoms with Crippen LogP contribution in [-0.4, -0.2) is 42.5 Å². The lowest BCUT2D eigenvalue weighted by Crippen LogP contribution is -2.41. The molecule has 19 heavy (non-hydrogen) atoms. The van der Waals surface area contributed by atoms with E-state index < -0.39 is 0 Å². The number of hydrogen-bond donors (Lipinski definition) is 0. The van der Waals surface area contributed by atoms with Gasteiger partial charge in [0.15, 0.2) is 0 Å². The molecule has 0 N–H and O–H groups in total. The number of hydrogen-bond acceptors (Lipinski definition) is 2. The first-order valence-corrected chi connectivity index (χ1v) is 7.32. The largest absolute Gasteiger partial charge is 0.377 e. The monoisotopic (exact) mass is 281 g/mol. The standard InChI is InChI=1S/C15H20ClNO2/c16-8-11-19-14-6-9-17(10-7-14)15(18)12-13-4-2-1-3-5-13/h1-5,14H,6-12H2. The van der Waals surface area contributed by atoms with Gasteiger partial charge in [-0.3, -0.25) is 4.79 Å². The third-order valence-corrected chi connectivity index (χ3v) is 3.58. The van der Waals surface area contributed by atoms with Gasteiger partial charge in [-0.15, -0.1) is 11.6 Å². The molecule has 1 saturated heterocycles. The average molecular weight is 282 g/mol. The first-order chi connectivity index (χ1) is 9.29. The van der Waals surface area contributed by atoms with Gasteiger partial charge in [-0.1, -0.05) is 30.3 Å². The fraction of sp³-hybridized carbons (Fsp3) is 0.533. The molecule has 3 nitrogen and oxygen atoms in total. The number of nitrogens with zero attached hydrogens (tertiary/aromatic N) is 1. The Morgan fingerprint density at radius 2 is 1.95 bits per heavy atom. The summed E-state index contributed by atoms with van der Waals surface area (Å²) in [6, 6.07) is 9.89. The Morgan fingerprint density at radius 1 is 1.26 bits per heavy atom. The van der Waals surface area contributed by atoms with Crippen LogP contribution in [0.2, 0.25) is 0 Å². The van der Waals surface area contributed by atoms with Crippen LogP contribution >= 0.6 is 11.6 Å². The van der Waals surface area contributed by atoms with Crippen LogP contribution in [0, 0.1) is 0 Å². The lowest BCUT2D eigenvalue weighted by molar-refractivity contribution is -0.133. The highest BCUT2D eigenvalue weighted by Crippen LogP contribution is 2.15. The van der Waals surface area contributed by atoms with Gasteiger partial charge in [-0.25, -0.2) is 0 Å². The number of alkyl halides is 1. The van der Waals surface area contributed by atoms with Gasteiger partial charge >= 0.3 is 0 Å². The van der Waals surface area contributed by atoms with Crippen molar-refractivity contribution in [3.8, 4) is 0 Å². The molecule has 1 aromatic rings. The van der Waals surface area contributed by atoms with E-state index >= 15 is 0 Å². The molecule has 104 valence electrons. The van der Waals surface area contributed by atoms with E-state index in [0.717, 1.165) is 31.5 Å². The summed E-state index contributed by atoms with van der Waals surface area (Å²) in [4.78, 5) is 14.1. The third kappa shape index (κ3) is 4.51. The Kier molecular flexibility index (Phi) is 5.67. The Balaban J connectivity index is 1.76. The Morgan fingerprint density at radius 3 is 2.58 bits per heavy atom. The Labute approximate surface area is 119 Å². The van der Waals surface area contributed by atoms with Crippen molar-refractivity contribution in [1.82, 2.24) is 4.90 Å². The van der Waals surface area contributed by atoms with E-state index in [1.54, 1.807) is 0 Å². The maximum absolute atomic E-state index is 12.2. The molecular weight excluding hydrogens is 262 g/mol. The Hall–Kier alpha value is -1.06. The molecule has 1 aliphatic rings. The van der Waals surface area contributed by atoms with Gasteiger partial charge in [0.25, 0.3) is 0 Å². The summed E-state index contributed by atoms with van der Waals surface area (Å²) in [5.74, 6) is 0.745. The molecule has 0 bridgehead atoms. The van der Waals surface area contributed by atoms with Crippen molar-refractivity contribution in [3.63, 3.8) is 0 Å². The van der Waals surface area contributed by atoms with E-state index in [9.17, 15) is 4.79 Å². The predicted molar refractivity (Wildman–Crippen MR) is 76.4 cm³/mol. The lowest BCUT2D eigenvalue weighted by atomic mass is 10.1. The second kappa shape index (κ2) is 7.51. The molecule has 0 atom stereocenters. The van der Waals surface area contributed by atoms with Crippen LogP contribution in [0.1, 0.15) is 18.4 Å². The van der Waals surface area contributed by atoms with Crippen molar-refractivity contribution >= 4 is 17.5 Å². The number of ether oxygens (including phenoxy) is 1. The fourth-order valence-corrected chi connectivity index (χ4v) is 2.45. The van der Waals surface area contributed by atoms with Crippen molar-refractivity contribution in [2.24, 2.45) is 0 Å². The van der Waals surface area contributed by atoms with Crippen LogP contribution in [0.25, 0.3) is 0 Å². The van der Waals surface area contributed by atoms with E-state index in [0.29, 0.717) is 18.9 Å². The first kappa shape index (κ1) is 14.4. The summed E-state index contributed by atoms with van der Waals surface area (Å²) in [6.45, 7) is 2.18. The zero-order chi connectivity index (χ0) is 13.5. The van der Waals surface area contributed by atoms with Gasteiger partial charge in [0.05, 0.1) is 19.1 Å². The van der Waals surface area contributed by atoms with Crippen LogP contribution in [0.4, 0.5) is 0 Å². The lowest BCUT2D eigenvalue weighted by Gasteiger charge is -2.32. The predicted octanol–water partition coefficient (Wildman–Crippen LogP) is 2.48. The molecule has 1 aliphatic heterocycles. The number of carbonyl (C=O) groups is 1. The van der Waals surface area contributed by atoms with Gasteiger partial charge in [-0.2, -0.15) is 0 Å². The minimum Gasteiger partial charge on any atom is -0.377 e. The number of amides is 1. The molecule has 0 saturated carbocycles. The zero-order valence-corrected chi connectivity index (χ0v) is 11.8. The molecule has 1 fully saturated rings. The SMILES string of the molecule is O=C(Cc1ccccc1)N1CCC(OCCCl)CC1. The fourth-order valence-electron chi connectivity index (χ4n) is 2.37. The highest BCUT2D eigenvalue weighted by Gasteiger charge is 2.22. The second-order valence-corrected chi connectivity index (χ2v) is 5.18. The molecule has 1 amide bonds. The zero-order valence-electron chi connectivity index (χ0n) is 11.1. The van der Waals surface area contributed by atoms with Gasteiger partial charge in [-0.05, 0) is 18.4 Å². The number of piperidine rings is 1. The number of rotatable bonds is 5. The molecule has 1 heterocycles. The van der Waals surface area contributed by atoms with Gasteiger partial charge < -0.3 is 9.64 Å². The molecule has 0 radical (unpaired) electrons. The average Bonchev–Trinajstić information content (AvgIpc) is 2.46. The molecular formula is C15H20ClNO2. The van der Waals surface area contributed by atoms with E-state index in [1.165, 1.54) is 0 Å². The van der Waals surface area contributed by atoms with Gasteiger partial charge in [0.1, 0.15) is 0 Å². The number of likely N-dealkylation sites (tertiary alicyclic amines) is 1.